The van der Waals surface area contributed by atoms with E-state index in [9.17, 15) is 4.79 Å². The number of nitrogens with zero attached hydrogens (tertiary/aromatic N) is 1. The fourth-order valence-corrected chi connectivity index (χ4v) is 10.1. The Hall–Kier alpha value is -1.09. The summed E-state index contributed by atoms with van der Waals surface area (Å²) < 4.78 is 0. The van der Waals surface area contributed by atoms with E-state index in [1.54, 1.807) is 11.1 Å². The Labute approximate surface area is 411 Å². The zero-order chi connectivity index (χ0) is 47.5. The van der Waals surface area contributed by atoms with E-state index in [2.05, 4.69) is 71.1 Å². The highest BCUT2D eigenvalue weighted by Gasteiger charge is 2.16. The van der Waals surface area contributed by atoms with Crippen molar-refractivity contribution in [3.63, 3.8) is 0 Å². The van der Waals surface area contributed by atoms with Crippen molar-refractivity contribution in [3.05, 3.63) is 23.3 Å². The van der Waals surface area contributed by atoms with Gasteiger partial charge in [-0.25, -0.2) is 0 Å². The molecule has 0 aliphatic heterocycles. The molecule has 3 nitrogen and oxygen atoms in total. The van der Waals surface area contributed by atoms with Crippen molar-refractivity contribution in [2.45, 2.75) is 330 Å². The molecule has 0 fully saturated rings. The van der Waals surface area contributed by atoms with Gasteiger partial charge in [-0.3, -0.25) is 4.79 Å². The van der Waals surface area contributed by atoms with E-state index >= 15 is 0 Å². The number of allylic oxidation sites excluding steroid dienone is 4. The molecule has 0 bridgehead atoms. The molecule has 0 heterocycles. The lowest BCUT2D eigenvalue weighted by atomic mass is 9.91. The van der Waals surface area contributed by atoms with Crippen LogP contribution in [0.15, 0.2) is 23.3 Å². The molecule has 1 N–H and O–H groups in total. The first-order valence-corrected chi connectivity index (χ1v) is 30.1. The minimum absolute atomic E-state index is 0.0758. The first-order valence-electron chi connectivity index (χ1n) is 30.1. The number of nitrogens with one attached hydrogen (secondary N) is 1. The second-order valence-corrected chi connectivity index (χ2v) is 21.8. The van der Waals surface area contributed by atoms with Crippen LogP contribution < -0.4 is 5.32 Å². The van der Waals surface area contributed by atoms with Crippen molar-refractivity contribution in [1.29, 1.82) is 0 Å². The number of amides is 1. The van der Waals surface area contributed by atoms with E-state index in [1.807, 2.05) is 0 Å². The monoisotopic (exact) mass is 911 g/mol. The van der Waals surface area contributed by atoms with E-state index < -0.39 is 0 Å². The summed E-state index contributed by atoms with van der Waals surface area (Å²) in [6.07, 6.45) is 68.9. The molecule has 2 atom stereocenters. The highest BCUT2D eigenvalue weighted by Crippen LogP contribution is 2.25. The summed E-state index contributed by atoms with van der Waals surface area (Å²) in [5.74, 6) is 0.780. The van der Waals surface area contributed by atoms with Crippen molar-refractivity contribution in [3.8, 4) is 0 Å². The number of hydrogen-bond donors (Lipinski definition) is 1. The molecule has 0 spiro atoms. The zero-order valence-electron chi connectivity index (χ0n) is 46.1. The molecule has 0 aliphatic carbocycles. The van der Waals surface area contributed by atoms with Gasteiger partial charge in [0.05, 0.1) is 0 Å². The van der Waals surface area contributed by atoms with Gasteiger partial charge in [0.15, 0.2) is 0 Å². The molecule has 0 aromatic heterocycles. The van der Waals surface area contributed by atoms with Gasteiger partial charge in [0, 0.05) is 12.5 Å². The highest BCUT2D eigenvalue weighted by atomic mass is 16.1. The second kappa shape index (κ2) is 52.3. The lowest BCUT2D eigenvalue weighted by molar-refractivity contribution is -0.124. The molecule has 0 aromatic rings. The lowest BCUT2D eigenvalue weighted by Crippen LogP contribution is -2.31. The van der Waals surface area contributed by atoms with Crippen LogP contribution in [0.2, 0.25) is 0 Å². The zero-order valence-corrected chi connectivity index (χ0v) is 46.1. The van der Waals surface area contributed by atoms with Gasteiger partial charge in [0.2, 0.25) is 5.91 Å². The number of carbonyl (C=O) groups excluding carboxylic acids is 1. The maximum Gasteiger partial charge on any atom is 0.222 e. The SMILES string of the molecule is CCCCCCCCCCCCCCCCCCC(=CC(C)CC(C)C(=O)NCCCCN(C)C)CCCCCCCC=C(CCCCCCCCCC)CCCCCCCCCCC. The third-order valence-corrected chi connectivity index (χ3v) is 14.5. The predicted octanol–water partition coefficient (Wildman–Crippen LogP) is 20.8. The third kappa shape index (κ3) is 49.2. The van der Waals surface area contributed by atoms with Crippen LogP contribution in [-0.2, 0) is 4.79 Å². The van der Waals surface area contributed by atoms with Gasteiger partial charge in [0.25, 0.3) is 0 Å². The van der Waals surface area contributed by atoms with Gasteiger partial charge in [-0.1, -0.05) is 270 Å². The van der Waals surface area contributed by atoms with E-state index in [1.165, 1.54) is 276 Å². The third-order valence-electron chi connectivity index (χ3n) is 14.5. The van der Waals surface area contributed by atoms with Gasteiger partial charge < -0.3 is 10.2 Å². The Morgan fingerprint density at radius 2 is 0.738 bits per heavy atom. The summed E-state index contributed by atoms with van der Waals surface area (Å²) in [7, 11) is 4.24. The van der Waals surface area contributed by atoms with Crippen LogP contribution >= 0.6 is 0 Å². The fourth-order valence-electron chi connectivity index (χ4n) is 10.1. The quantitative estimate of drug-likeness (QED) is 0.0487. The second-order valence-electron chi connectivity index (χ2n) is 21.8. The van der Waals surface area contributed by atoms with Crippen LogP contribution in [0.3, 0.4) is 0 Å². The summed E-state index contributed by atoms with van der Waals surface area (Å²) in [6, 6.07) is 0. The number of hydrogen-bond acceptors (Lipinski definition) is 2. The van der Waals surface area contributed by atoms with E-state index in [0.29, 0.717) is 5.92 Å². The topological polar surface area (TPSA) is 32.3 Å². The Kier molecular flexibility index (Phi) is 51.4. The predicted molar refractivity (Wildman–Crippen MR) is 295 cm³/mol. The highest BCUT2D eigenvalue weighted by molar-refractivity contribution is 5.78. The normalized spacial score (nSPS) is 13.3. The molecule has 0 aromatic carbocycles. The summed E-state index contributed by atoms with van der Waals surface area (Å²) in [5, 5.41) is 3.23. The smallest absolute Gasteiger partial charge is 0.222 e. The minimum Gasteiger partial charge on any atom is -0.356 e. The van der Waals surface area contributed by atoms with Crippen LogP contribution in [0, 0.1) is 11.8 Å². The summed E-state index contributed by atoms with van der Waals surface area (Å²) in [5.41, 5.74) is 3.48. The first-order chi connectivity index (χ1) is 31.8. The van der Waals surface area contributed by atoms with Crippen LogP contribution in [0.4, 0.5) is 0 Å². The molecule has 386 valence electrons. The van der Waals surface area contributed by atoms with Crippen LogP contribution in [0.5, 0.6) is 0 Å². The molecule has 0 saturated carbocycles. The summed E-state index contributed by atoms with van der Waals surface area (Å²) >= 11 is 0. The van der Waals surface area contributed by atoms with Crippen molar-refractivity contribution in [2.24, 2.45) is 11.8 Å². The Morgan fingerprint density at radius 1 is 0.415 bits per heavy atom. The number of carbonyl (C=O) groups is 1. The van der Waals surface area contributed by atoms with Gasteiger partial charge in [-0.15, -0.1) is 0 Å². The standard InChI is InChI=1S/C62H122N2O/c1-8-11-14-17-20-23-24-25-26-27-28-29-31-34-40-45-52-61(57-58(4)56-59(5)62(65)63-54-47-48-55-64(6)7)53-46-41-36-35-39-44-51-60(49-42-37-32-22-19-16-13-10-3)50-43-38-33-30-21-18-15-12-9-2/h51,57-59H,8-50,52-56H2,1-7H3,(H,63,65). The average Bonchev–Trinajstić information content (AvgIpc) is 3.29. The van der Waals surface area contributed by atoms with Crippen LogP contribution in [-0.4, -0.2) is 38.0 Å². The van der Waals surface area contributed by atoms with Gasteiger partial charge in [-0.05, 0) is 110 Å². The Bertz CT molecular complexity index is 1010. The maximum atomic E-state index is 12.9. The van der Waals surface area contributed by atoms with Crippen molar-refractivity contribution < 1.29 is 4.79 Å². The molecule has 3 heteroatoms. The average molecular weight is 912 g/mol. The molecule has 0 saturated heterocycles. The maximum absolute atomic E-state index is 12.9. The van der Waals surface area contributed by atoms with Gasteiger partial charge >= 0.3 is 0 Å². The largest absolute Gasteiger partial charge is 0.356 e. The van der Waals surface area contributed by atoms with E-state index in [0.717, 1.165) is 32.4 Å². The number of rotatable bonds is 53. The Balaban J connectivity index is 4.80. The number of unbranched alkanes of at least 4 members (excludes halogenated alkanes) is 36. The van der Waals surface area contributed by atoms with Gasteiger partial charge in [0.1, 0.15) is 0 Å². The lowest BCUT2D eigenvalue weighted by Gasteiger charge is -2.17. The van der Waals surface area contributed by atoms with E-state index in [-0.39, 0.29) is 11.8 Å². The van der Waals surface area contributed by atoms with Crippen LogP contribution in [0.25, 0.3) is 0 Å². The summed E-state index contributed by atoms with van der Waals surface area (Å²) in [4.78, 5) is 15.2. The molecule has 0 rings (SSSR count). The molecular formula is C62H122N2O. The van der Waals surface area contributed by atoms with Crippen molar-refractivity contribution in [1.82, 2.24) is 10.2 Å². The van der Waals surface area contributed by atoms with Crippen LogP contribution in [0.1, 0.15) is 330 Å². The molecule has 65 heavy (non-hydrogen) atoms. The van der Waals surface area contributed by atoms with Gasteiger partial charge in [-0.2, -0.15) is 0 Å². The molecule has 2 unspecified atom stereocenters. The molecular weight excluding hydrogens is 789 g/mol. The Morgan fingerprint density at radius 3 is 1.09 bits per heavy atom. The first kappa shape index (κ1) is 63.9. The van der Waals surface area contributed by atoms with Crippen molar-refractivity contribution >= 4 is 5.91 Å². The fraction of sp³-hybridized carbons (Fsp3) is 0.919. The van der Waals surface area contributed by atoms with E-state index in [4.69, 9.17) is 0 Å². The minimum atomic E-state index is 0.0758. The summed E-state index contributed by atoms with van der Waals surface area (Å²) in [6.45, 7) is 13.4. The van der Waals surface area contributed by atoms with Crippen molar-refractivity contribution in [2.75, 3.05) is 27.2 Å². The molecule has 1 amide bonds. The molecule has 0 aliphatic rings. The molecule has 0 radical (unpaired) electrons.